The number of hydrazone groups is 1. The van der Waals surface area contributed by atoms with E-state index in [0.29, 0.717) is 0 Å². The maximum atomic E-state index is 12.7. The van der Waals surface area contributed by atoms with Crippen LogP contribution < -0.4 is 5.43 Å². The van der Waals surface area contributed by atoms with E-state index in [1.165, 1.54) is 19.3 Å². The molecule has 1 amide bonds. The third kappa shape index (κ3) is 4.83. The highest BCUT2D eigenvalue weighted by atomic mass is 79.9. The Morgan fingerprint density at radius 1 is 1.07 bits per heavy atom. The Hall–Kier alpha value is -2.55. The van der Waals surface area contributed by atoms with Crippen molar-refractivity contribution in [3.8, 4) is 0 Å². The molecule has 8 heteroatoms. The van der Waals surface area contributed by atoms with Gasteiger partial charge in [-0.2, -0.15) is 9.41 Å². The van der Waals surface area contributed by atoms with E-state index in [-0.39, 0.29) is 11.4 Å². The third-order valence-corrected chi connectivity index (χ3v) is 6.40. The second-order valence-electron chi connectivity index (χ2n) is 6.11. The Balaban J connectivity index is 1.65. The lowest BCUT2D eigenvalue weighted by atomic mass is 10.1. The molecule has 3 aromatic carbocycles. The second kappa shape index (κ2) is 8.64. The first-order valence-electron chi connectivity index (χ1n) is 8.39. The summed E-state index contributed by atoms with van der Waals surface area (Å²) in [6.07, 6.45) is 1.49. The first kappa shape index (κ1) is 20.2. The Morgan fingerprint density at radius 3 is 2.46 bits per heavy atom. The number of nitrogens with zero attached hydrogens (tertiary/aromatic N) is 2. The van der Waals surface area contributed by atoms with Crippen molar-refractivity contribution >= 4 is 48.8 Å². The number of hydrogen-bond donors (Lipinski definition) is 1. The smallest absolute Gasteiger partial charge is 0.255 e. The number of nitrogens with one attached hydrogen (secondary N) is 1. The van der Waals surface area contributed by atoms with Crippen LogP contribution in [0.15, 0.2) is 81.2 Å². The average molecular weight is 460 g/mol. The molecule has 0 aliphatic carbocycles. The van der Waals surface area contributed by atoms with E-state index in [1.807, 2.05) is 48.5 Å². The molecule has 0 aliphatic rings. The molecule has 144 valence electrons. The van der Waals surface area contributed by atoms with Crippen LogP contribution in [0, 0.1) is 0 Å². The lowest BCUT2D eigenvalue weighted by molar-refractivity contribution is -0.121. The van der Waals surface area contributed by atoms with Gasteiger partial charge in [-0.25, -0.2) is 13.8 Å². The molecule has 0 radical (unpaired) electrons. The minimum atomic E-state index is -3.79. The molecule has 0 saturated heterocycles. The number of benzene rings is 3. The fourth-order valence-corrected chi connectivity index (χ4v) is 3.99. The van der Waals surface area contributed by atoms with Gasteiger partial charge in [0.2, 0.25) is 10.0 Å². The van der Waals surface area contributed by atoms with Crippen molar-refractivity contribution in [1.29, 1.82) is 0 Å². The molecular weight excluding hydrogens is 442 g/mol. The summed E-state index contributed by atoms with van der Waals surface area (Å²) in [5.74, 6) is -0.528. The van der Waals surface area contributed by atoms with Gasteiger partial charge in [0, 0.05) is 11.5 Å². The van der Waals surface area contributed by atoms with Crippen LogP contribution in [0.25, 0.3) is 10.8 Å². The molecule has 0 unspecified atom stereocenters. The summed E-state index contributed by atoms with van der Waals surface area (Å²) in [5, 5.41) is 5.63. The van der Waals surface area contributed by atoms with Gasteiger partial charge < -0.3 is 0 Å². The van der Waals surface area contributed by atoms with E-state index in [4.69, 9.17) is 0 Å². The van der Waals surface area contributed by atoms with Crippen molar-refractivity contribution in [3.63, 3.8) is 0 Å². The molecule has 0 fully saturated rings. The van der Waals surface area contributed by atoms with Crippen LogP contribution in [0.1, 0.15) is 5.56 Å². The van der Waals surface area contributed by atoms with E-state index in [2.05, 4.69) is 26.5 Å². The van der Waals surface area contributed by atoms with Gasteiger partial charge in [0.1, 0.15) is 0 Å². The monoisotopic (exact) mass is 459 g/mol. The lowest BCUT2D eigenvalue weighted by Gasteiger charge is -2.16. The summed E-state index contributed by atoms with van der Waals surface area (Å²) in [7, 11) is -2.43. The highest BCUT2D eigenvalue weighted by Crippen LogP contribution is 2.21. The Morgan fingerprint density at radius 2 is 1.75 bits per heavy atom. The Kier molecular flexibility index (Phi) is 6.23. The molecule has 0 heterocycles. The fourth-order valence-electron chi connectivity index (χ4n) is 2.56. The summed E-state index contributed by atoms with van der Waals surface area (Å²) in [5.41, 5.74) is 3.15. The molecule has 0 bridgehead atoms. The number of carbonyl (C=O) groups is 1. The third-order valence-electron chi connectivity index (χ3n) is 4.07. The van der Waals surface area contributed by atoms with Crippen molar-refractivity contribution in [3.05, 3.63) is 76.8 Å². The van der Waals surface area contributed by atoms with Crippen molar-refractivity contribution < 1.29 is 13.2 Å². The average Bonchev–Trinajstić information content (AvgIpc) is 2.69. The lowest BCUT2D eigenvalue weighted by Crippen LogP contribution is -2.36. The predicted molar refractivity (Wildman–Crippen MR) is 114 cm³/mol. The first-order chi connectivity index (χ1) is 13.4. The molecule has 0 aliphatic heterocycles. The van der Waals surface area contributed by atoms with Crippen LogP contribution >= 0.6 is 15.9 Å². The van der Waals surface area contributed by atoms with E-state index < -0.39 is 15.9 Å². The number of sulfonamides is 1. The second-order valence-corrected chi connectivity index (χ2v) is 9.08. The molecular formula is C20H18BrN3O3S. The Labute approximate surface area is 172 Å². The quantitative estimate of drug-likeness (QED) is 0.453. The number of likely N-dealkylation sites (N-methyl/N-ethyl adjacent to an activating group) is 1. The molecule has 0 atom stereocenters. The zero-order valence-corrected chi connectivity index (χ0v) is 17.4. The molecule has 0 saturated carbocycles. The number of rotatable bonds is 6. The SMILES string of the molecule is CN(CC(=O)NN=Cc1ccc(Br)cc1)S(=O)(=O)c1ccc2ccccc2c1. The zero-order chi connectivity index (χ0) is 20.1. The normalized spacial score (nSPS) is 12.0. The maximum Gasteiger partial charge on any atom is 0.255 e. The highest BCUT2D eigenvalue weighted by Gasteiger charge is 2.23. The highest BCUT2D eigenvalue weighted by molar-refractivity contribution is 9.10. The number of amides is 1. The molecule has 28 heavy (non-hydrogen) atoms. The summed E-state index contributed by atoms with van der Waals surface area (Å²) in [6.45, 7) is -0.340. The van der Waals surface area contributed by atoms with E-state index >= 15 is 0 Å². The van der Waals surface area contributed by atoms with Gasteiger partial charge in [0.15, 0.2) is 0 Å². The van der Waals surface area contributed by atoms with Gasteiger partial charge in [-0.3, -0.25) is 4.79 Å². The fraction of sp³-hybridized carbons (Fsp3) is 0.100. The van der Waals surface area contributed by atoms with Crippen LogP contribution in [0.5, 0.6) is 0 Å². The molecule has 6 nitrogen and oxygen atoms in total. The summed E-state index contributed by atoms with van der Waals surface area (Å²) in [6, 6.07) is 19.7. The van der Waals surface area contributed by atoms with Gasteiger partial charge in [-0.1, -0.05) is 58.4 Å². The molecule has 3 aromatic rings. The van der Waals surface area contributed by atoms with Crippen molar-refractivity contribution in [2.45, 2.75) is 4.90 Å². The van der Waals surface area contributed by atoms with Gasteiger partial charge in [-0.05, 0) is 40.6 Å². The maximum absolute atomic E-state index is 12.7. The van der Waals surface area contributed by atoms with Gasteiger partial charge in [0.05, 0.1) is 17.7 Å². The summed E-state index contributed by atoms with van der Waals surface area (Å²) in [4.78, 5) is 12.2. The topological polar surface area (TPSA) is 78.8 Å². The van der Waals surface area contributed by atoms with E-state index in [1.54, 1.807) is 12.1 Å². The van der Waals surface area contributed by atoms with Crippen LogP contribution in [-0.2, 0) is 14.8 Å². The largest absolute Gasteiger partial charge is 0.272 e. The first-order valence-corrected chi connectivity index (χ1v) is 10.6. The number of hydrogen-bond acceptors (Lipinski definition) is 4. The Bertz CT molecular complexity index is 1130. The van der Waals surface area contributed by atoms with E-state index in [0.717, 1.165) is 25.1 Å². The molecule has 3 rings (SSSR count). The van der Waals surface area contributed by atoms with Gasteiger partial charge in [-0.15, -0.1) is 0 Å². The van der Waals surface area contributed by atoms with Crippen LogP contribution in [-0.4, -0.2) is 38.4 Å². The van der Waals surface area contributed by atoms with Crippen LogP contribution in [0.3, 0.4) is 0 Å². The minimum absolute atomic E-state index is 0.139. The summed E-state index contributed by atoms with van der Waals surface area (Å²) < 4.78 is 27.4. The molecule has 0 spiro atoms. The van der Waals surface area contributed by atoms with Crippen LogP contribution in [0.2, 0.25) is 0 Å². The zero-order valence-electron chi connectivity index (χ0n) is 15.0. The standard InChI is InChI=1S/C20H18BrN3O3S/c1-24(14-20(25)23-22-13-15-6-9-18(21)10-7-15)28(26,27)19-11-8-16-4-2-3-5-17(16)12-19/h2-13H,14H2,1H3,(H,23,25). The summed E-state index contributed by atoms with van der Waals surface area (Å²) >= 11 is 3.34. The van der Waals surface area contributed by atoms with Crippen LogP contribution in [0.4, 0.5) is 0 Å². The minimum Gasteiger partial charge on any atom is -0.272 e. The number of halogens is 1. The molecule has 0 aromatic heterocycles. The number of fused-ring (bicyclic) bond motifs is 1. The van der Waals surface area contributed by atoms with Gasteiger partial charge in [0.25, 0.3) is 5.91 Å². The van der Waals surface area contributed by atoms with E-state index in [9.17, 15) is 13.2 Å². The van der Waals surface area contributed by atoms with Gasteiger partial charge >= 0.3 is 0 Å². The van der Waals surface area contributed by atoms with Crippen molar-refractivity contribution in [2.24, 2.45) is 5.10 Å². The predicted octanol–water partition coefficient (Wildman–Crippen LogP) is 3.37. The molecule has 1 N–H and O–H groups in total. The number of carbonyl (C=O) groups excluding carboxylic acids is 1. The van der Waals surface area contributed by atoms with Crippen molar-refractivity contribution in [1.82, 2.24) is 9.73 Å². The van der Waals surface area contributed by atoms with Crippen molar-refractivity contribution in [2.75, 3.05) is 13.6 Å².